The molecule has 0 bridgehead atoms. The highest BCUT2D eigenvalue weighted by atomic mass is 16.6. The molecule has 0 fully saturated rings. The predicted octanol–water partition coefficient (Wildman–Crippen LogP) is 1.69. The molecule has 2 atom stereocenters. The van der Waals surface area contributed by atoms with Crippen LogP contribution in [0.3, 0.4) is 0 Å². The summed E-state index contributed by atoms with van der Waals surface area (Å²) in [5, 5.41) is 19.7. The highest BCUT2D eigenvalue weighted by Crippen LogP contribution is 2.10. The molecule has 0 radical (unpaired) electrons. The van der Waals surface area contributed by atoms with Gasteiger partial charge in [-0.2, -0.15) is 0 Å². The van der Waals surface area contributed by atoms with E-state index in [1.165, 1.54) is 0 Å². The Kier molecular flexibility index (Phi) is 12.9. The second kappa shape index (κ2) is 15.0. The van der Waals surface area contributed by atoms with Crippen LogP contribution in [0.15, 0.2) is 24.3 Å². The van der Waals surface area contributed by atoms with Gasteiger partial charge in [-0.3, -0.25) is 14.4 Å². The number of carbonyl (C=O) groups is 4. The smallest absolute Gasteiger partial charge is 0.407 e. The van der Waals surface area contributed by atoms with Crippen LogP contribution < -0.4 is 21.3 Å². The zero-order valence-electron chi connectivity index (χ0n) is 22.0. The van der Waals surface area contributed by atoms with E-state index < -0.39 is 35.6 Å². The first kappa shape index (κ1) is 30.9. The molecular formula is C25H40N4O7. The predicted molar refractivity (Wildman–Crippen MR) is 135 cm³/mol. The van der Waals surface area contributed by atoms with Gasteiger partial charge in [0.05, 0.1) is 19.8 Å². The summed E-state index contributed by atoms with van der Waals surface area (Å²) in [5.41, 5.74) is 0.665. The molecule has 0 unspecified atom stereocenters. The number of hydrogen-bond donors (Lipinski definition) is 5. The van der Waals surface area contributed by atoms with Crippen molar-refractivity contribution in [1.29, 1.82) is 0 Å². The van der Waals surface area contributed by atoms with Crippen LogP contribution in [0.2, 0.25) is 0 Å². The maximum absolute atomic E-state index is 12.7. The molecule has 0 saturated carbocycles. The minimum absolute atomic E-state index is 0.0306. The molecule has 11 heteroatoms. The van der Waals surface area contributed by atoms with E-state index in [4.69, 9.17) is 14.6 Å². The fourth-order valence-electron chi connectivity index (χ4n) is 2.90. The van der Waals surface area contributed by atoms with Crippen LogP contribution in [0.5, 0.6) is 0 Å². The van der Waals surface area contributed by atoms with Gasteiger partial charge in [-0.1, -0.05) is 26.0 Å². The van der Waals surface area contributed by atoms with E-state index in [1.807, 2.05) is 0 Å². The third-order valence-corrected chi connectivity index (χ3v) is 4.81. The zero-order valence-corrected chi connectivity index (χ0v) is 22.0. The van der Waals surface area contributed by atoms with E-state index in [0.29, 0.717) is 11.3 Å². The number of aliphatic hydroxyl groups is 1. The van der Waals surface area contributed by atoms with Crippen molar-refractivity contribution in [2.75, 3.05) is 25.1 Å². The quantitative estimate of drug-likeness (QED) is 0.254. The third-order valence-electron chi connectivity index (χ3n) is 4.81. The Morgan fingerprint density at radius 2 is 1.58 bits per heavy atom. The summed E-state index contributed by atoms with van der Waals surface area (Å²) < 4.78 is 10.5. The van der Waals surface area contributed by atoms with Crippen molar-refractivity contribution in [1.82, 2.24) is 16.0 Å². The molecule has 0 spiro atoms. The van der Waals surface area contributed by atoms with Crippen molar-refractivity contribution in [2.24, 2.45) is 5.92 Å². The number of aliphatic hydroxyl groups excluding tert-OH is 1. The van der Waals surface area contributed by atoms with Gasteiger partial charge in [0.25, 0.3) is 0 Å². The van der Waals surface area contributed by atoms with E-state index in [0.717, 1.165) is 0 Å². The Morgan fingerprint density at radius 1 is 0.944 bits per heavy atom. The highest BCUT2D eigenvalue weighted by Gasteiger charge is 2.27. The monoisotopic (exact) mass is 508 g/mol. The van der Waals surface area contributed by atoms with Crippen LogP contribution in [-0.4, -0.2) is 66.4 Å². The molecule has 1 rings (SSSR count). The SMILES string of the molecule is CC(C)[C@H](NC(=O)CCOCCNC(=O)OC(C)(C)C)C(=O)N[C@@H](C)C(=O)Nc1ccc(CO)cc1. The van der Waals surface area contributed by atoms with Crippen molar-refractivity contribution in [3.05, 3.63) is 29.8 Å². The lowest BCUT2D eigenvalue weighted by molar-refractivity contribution is -0.132. The Balaban J connectivity index is 2.41. The lowest BCUT2D eigenvalue weighted by Crippen LogP contribution is -2.53. The van der Waals surface area contributed by atoms with Crippen LogP contribution >= 0.6 is 0 Å². The zero-order chi connectivity index (χ0) is 27.3. The fourth-order valence-corrected chi connectivity index (χ4v) is 2.90. The molecule has 0 aliphatic carbocycles. The molecule has 0 aromatic heterocycles. The first-order valence-electron chi connectivity index (χ1n) is 12.0. The number of ether oxygens (including phenoxy) is 2. The maximum atomic E-state index is 12.7. The first-order chi connectivity index (χ1) is 16.8. The average Bonchev–Trinajstić information content (AvgIpc) is 2.78. The molecule has 4 amide bonds. The van der Waals surface area contributed by atoms with Gasteiger partial charge in [0.2, 0.25) is 17.7 Å². The minimum atomic E-state index is -0.839. The van der Waals surface area contributed by atoms with Crippen molar-refractivity contribution in [3.8, 4) is 0 Å². The second-order valence-electron chi connectivity index (χ2n) is 9.65. The number of benzene rings is 1. The molecule has 0 saturated heterocycles. The largest absolute Gasteiger partial charge is 0.444 e. The molecule has 36 heavy (non-hydrogen) atoms. The third kappa shape index (κ3) is 12.5. The summed E-state index contributed by atoms with van der Waals surface area (Å²) in [6.07, 6.45) is -0.514. The molecule has 1 aromatic rings. The number of hydrogen-bond acceptors (Lipinski definition) is 7. The molecular weight excluding hydrogens is 468 g/mol. The van der Waals surface area contributed by atoms with Crippen molar-refractivity contribution in [2.45, 2.75) is 72.3 Å². The van der Waals surface area contributed by atoms with E-state index in [2.05, 4.69) is 21.3 Å². The van der Waals surface area contributed by atoms with Crippen molar-refractivity contribution >= 4 is 29.5 Å². The normalized spacial score (nSPS) is 12.9. The summed E-state index contributed by atoms with van der Waals surface area (Å²) in [6, 6.07) is 5.02. The number of anilines is 1. The number of nitrogens with one attached hydrogen (secondary N) is 4. The Bertz CT molecular complexity index is 866. The molecule has 5 N–H and O–H groups in total. The van der Waals surface area contributed by atoms with Crippen LogP contribution in [0.25, 0.3) is 0 Å². The van der Waals surface area contributed by atoms with Gasteiger partial charge >= 0.3 is 6.09 Å². The molecule has 11 nitrogen and oxygen atoms in total. The Morgan fingerprint density at radius 3 is 2.14 bits per heavy atom. The summed E-state index contributed by atoms with van der Waals surface area (Å²) >= 11 is 0. The molecule has 0 heterocycles. The molecule has 0 aliphatic rings. The minimum Gasteiger partial charge on any atom is -0.444 e. The number of rotatable bonds is 13. The van der Waals surface area contributed by atoms with Gasteiger partial charge in [0, 0.05) is 18.7 Å². The van der Waals surface area contributed by atoms with E-state index in [9.17, 15) is 19.2 Å². The summed E-state index contributed by atoms with van der Waals surface area (Å²) in [6.45, 7) is 10.9. The standard InChI is InChI=1S/C25H40N4O7/c1-16(2)21(29-20(31)11-13-35-14-12-26-24(34)36-25(4,5)6)23(33)27-17(3)22(32)28-19-9-7-18(15-30)8-10-19/h7-10,16-17,21,30H,11-15H2,1-6H3,(H,26,34)(H,27,33)(H,28,32)(H,29,31)/t17-,21-/m0/s1. The second-order valence-corrected chi connectivity index (χ2v) is 9.65. The lowest BCUT2D eigenvalue weighted by Gasteiger charge is -2.24. The van der Waals surface area contributed by atoms with Gasteiger partial charge in [-0.15, -0.1) is 0 Å². The number of carbonyl (C=O) groups excluding carboxylic acids is 4. The Labute approximate surface area is 212 Å². The topological polar surface area (TPSA) is 155 Å². The first-order valence-corrected chi connectivity index (χ1v) is 12.0. The van der Waals surface area contributed by atoms with Gasteiger partial charge < -0.3 is 35.8 Å². The number of amides is 4. The van der Waals surface area contributed by atoms with Gasteiger partial charge in [0.1, 0.15) is 17.7 Å². The van der Waals surface area contributed by atoms with Crippen LogP contribution in [0, 0.1) is 5.92 Å². The molecule has 0 aliphatic heterocycles. The van der Waals surface area contributed by atoms with E-state index in [1.54, 1.807) is 65.8 Å². The van der Waals surface area contributed by atoms with Crippen molar-refractivity contribution < 1.29 is 33.8 Å². The lowest BCUT2D eigenvalue weighted by atomic mass is 10.0. The summed E-state index contributed by atoms with van der Waals surface area (Å²) in [5.74, 6) is -1.47. The Hall–Kier alpha value is -3.18. The van der Waals surface area contributed by atoms with E-state index >= 15 is 0 Å². The highest BCUT2D eigenvalue weighted by molar-refractivity contribution is 5.98. The molecule has 202 valence electrons. The number of alkyl carbamates (subject to hydrolysis) is 1. The van der Waals surface area contributed by atoms with Crippen LogP contribution in [0.4, 0.5) is 10.5 Å². The fraction of sp³-hybridized carbons (Fsp3) is 0.600. The molecule has 1 aromatic carbocycles. The van der Waals surface area contributed by atoms with Gasteiger partial charge in [-0.25, -0.2) is 4.79 Å². The van der Waals surface area contributed by atoms with Crippen molar-refractivity contribution in [3.63, 3.8) is 0 Å². The summed E-state index contributed by atoms with van der Waals surface area (Å²) in [7, 11) is 0. The van der Waals surface area contributed by atoms with Gasteiger partial charge in [-0.05, 0) is 51.3 Å². The summed E-state index contributed by atoms with van der Waals surface area (Å²) in [4.78, 5) is 49.0. The van der Waals surface area contributed by atoms with Crippen LogP contribution in [-0.2, 0) is 30.5 Å². The van der Waals surface area contributed by atoms with Gasteiger partial charge in [0.15, 0.2) is 0 Å². The van der Waals surface area contributed by atoms with Crippen LogP contribution in [0.1, 0.15) is 53.5 Å². The average molecular weight is 509 g/mol. The maximum Gasteiger partial charge on any atom is 0.407 e. The van der Waals surface area contributed by atoms with E-state index in [-0.39, 0.29) is 44.6 Å².